The smallest absolute Gasteiger partial charge is 0.126 e. The van der Waals surface area contributed by atoms with Gasteiger partial charge in [-0.2, -0.15) is 0 Å². The van der Waals surface area contributed by atoms with Crippen LogP contribution in [0.4, 0.5) is 10.1 Å². The van der Waals surface area contributed by atoms with Crippen molar-refractivity contribution in [2.45, 2.75) is 92.5 Å². The second-order valence-electron chi connectivity index (χ2n) is 8.63. The first-order valence-corrected chi connectivity index (χ1v) is 12.2. The number of aliphatic imine (C=N–C) groups is 1. The third kappa shape index (κ3) is 7.56. The lowest BCUT2D eigenvalue weighted by molar-refractivity contribution is 0.513. The van der Waals surface area contributed by atoms with Gasteiger partial charge in [0, 0.05) is 6.04 Å². The number of hydrogen-bond acceptors (Lipinski definition) is 3. The molecule has 0 aliphatic heterocycles. The number of aromatic nitrogens is 2. The maximum Gasteiger partial charge on any atom is 0.126 e. The Balaban J connectivity index is 2.14. The number of rotatable bonds is 12. The maximum atomic E-state index is 14.1. The highest BCUT2D eigenvalue weighted by Crippen LogP contribution is 2.24. The zero-order chi connectivity index (χ0) is 23.7. The number of nitrogens with zero attached hydrogens (tertiary/aromatic N) is 3. The molecule has 32 heavy (non-hydrogen) atoms. The van der Waals surface area contributed by atoms with E-state index in [2.05, 4.69) is 44.1 Å². The summed E-state index contributed by atoms with van der Waals surface area (Å²) in [4.78, 5) is 13.8. The molecule has 0 unspecified atom stereocenters. The van der Waals surface area contributed by atoms with E-state index in [4.69, 9.17) is 4.99 Å². The second kappa shape index (κ2) is 12.9. The Hall–Kier alpha value is -1.97. The lowest BCUT2D eigenvalue weighted by Crippen LogP contribution is -2.36. The predicted molar refractivity (Wildman–Crippen MR) is 137 cm³/mol. The number of hydrogen-bond donors (Lipinski definition) is 1. The van der Waals surface area contributed by atoms with Gasteiger partial charge in [-0.15, -0.1) is 0 Å². The Morgan fingerprint density at radius 3 is 2.44 bits per heavy atom. The molecule has 0 saturated carbocycles. The molecule has 0 aliphatic rings. The van der Waals surface area contributed by atoms with E-state index in [9.17, 15) is 4.39 Å². The standard InChI is InChI=1S/C26H38FN4P/c1-7-10-22(11-8-2)31-26(32)20(6)30-25-19(5)28-16-29-24(25)13-9-12-21-14-17(3)15-23(27)18(21)4/h14-16,22,31-32H,7-13H2,1-6H3/b30-20+. The molecule has 0 fully saturated rings. The van der Waals surface area contributed by atoms with Crippen LogP contribution in [0.2, 0.25) is 0 Å². The van der Waals surface area contributed by atoms with Crippen molar-refractivity contribution in [2.24, 2.45) is 4.99 Å². The monoisotopic (exact) mass is 456 g/mol. The fraction of sp³-hybridized carbons (Fsp3) is 0.538. The second-order valence-corrected chi connectivity index (χ2v) is 9.13. The number of halogens is 1. The van der Waals surface area contributed by atoms with Crippen molar-refractivity contribution >= 4 is 25.7 Å². The molecule has 0 spiro atoms. The van der Waals surface area contributed by atoms with Gasteiger partial charge in [-0.05, 0) is 82.6 Å². The average Bonchev–Trinajstić information content (AvgIpc) is 2.74. The molecule has 1 aromatic heterocycles. The predicted octanol–water partition coefficient (Wildman–Crippen LogP) is 6.64. The molecule has 4 nitrogen and oxygen atoms in total. The molecule has 0 radical (unpaired) electrons. The van der Waals surface area contributed by atoms with E-state index in [0.717, 1.165) is 89.8 Å². The lowest BCUT2D eigenvalue weighted by Gasteiger charge is -2.19. The zero-order valence-corrected chi connectivity index (χ0v) is 21.5. The zero-order valence-electron chi connectivity index (χ0n) is 20.5. The number of aryl methyl sites for hydroxylation is 4. The minimum Gasteiger partial charge on any atom is -0.281 e. The van der Waals surface area contributed by atoms with Crippen LogP contribution in [0.3, 0.4) is 0 Å². The van der Waals surface area contributed by atoms with Crippen LogP contribution < -0.4 is 5.32 Å². The molecule has 2 aromatic rings. The quantitative estimate of drug-likeness (QED) is 0.288. The summed E-state index contributed by atoms with van der Waals surface area (Å²) >= 11 is 0. The SMILES string of the molecule is CCCC(CCC)NC(=P)/C(C)=N/c1c(C)ncnc1CCCc1cc(C)cc(F)c1C. The van der Waals surface area contributed by atoms with Crippen LogP contribution in [0.15, 0.2) is 23.5 Å². The Labute approximate surface area is 195 Å². The van der Waals surface area contributed by atoms with Gasteiger partial charge in [-0.3, -0.25) is 5.32 Å². The minimum atomic E-state index is -0.129. The lowest BCUT2D eigenvalue weighted by atomic mass is 9.99. The van der Waals surface area contributed by atoms with Crippen LogP contribution in [0.1, 0.15) is 81.0 Å². The topological polar surface area (TPSA) is 50.2 Å². The van der Waals surface area contributed by atoms with E-state index in [0.29, 0.717) is 6.04 Å². The van der Waals surface area contributed by atoms with Crippen LogP contribution in [0.5, 0.6) is 0 Å². The molecule has 0 aliphatic carbocycles. The molecule has 6 heteroatoms. The van der Waals surface area contributed by atoms with E-state index >= 15 is 0 Å². The summed E-state index contributed by atoms with van der Waals surface area (Å²) in [5.41, 5.74) is 7.18. The molecule has 0 atom stereocenters. The Morgan fingerprint density at radius 1 is 1.09 bits per heavy atom. The third-order valence-electron chi connectivity index (χ3n) is 5.80. The third-order valence-corrected chi connectivity index (χ3v) is 6.31. The van der Waals surface area contributed by atoms with Gasteiger partial charge in [-0.25, -0.2) is 19.4 Å². The normalized spacial score (nSPS) is 11.9. The highest BCUT2D eigenvalue weighted by Gasteiger charge is 2.13. The summed E-state index contributed by atoms with van der Waals surface area (Å²) in [7, 11) is 3.75. The van der Waals surface area contributed by atoms with E-state index < -0.39 is 0 Å². The highest BCUT2D eigenvalue weighted by molar-refractivity contribution is 7.25. The molecule has 1 heterocycles. The summed E-state index contributed by atoms with van der Waals surface area (Å²) in [5, 5.41) is 3.58. The molecule has 0 bridgehead atoms. The van der Waals surface area contributed by atoms with Crippen LogP contribution >= 0.6 is 8.86 Å². The van der Waals surface area contributed by atoms with Crippen molar-refractivity contribution in [2.75, 3.05) is 0 Å². The van der Waals surface area contributed by atoms with Gasteiger partial charge >= 0.3 is 0 Å². The van der Waals surface area contributed by atoms with Gasteiger partial charge in [0.15, 0.2) is 0 Å². The Kier molecular flexibility index (Phi) is 10.6. The van der Waals surface area contributed by atoms with Gasteiger partial charge < -0.3 is 0 Å². The van der Waals surface area contributed by atoms with Gasteiger partial charge in [0.1, 0.15) is 17.8 Å². The largest absolute Gasteiger partial charge is 0.281 e. The van der Waals surface area contributed by atoms with E-state index in [1.807, 2.05) is 27.7 Å². The summed E-state index contributed by atoms with van der Waals surface area (Å²) in [6.45, 7) is 12.2. The van der Waals surface area contributed by atoms with Crippen molar-refractivity contribution < 1.29 is 4.39 Å². The van der Waals surface area contributed by atoms with Crippen molar-refractivity contribution in [1.29, 1.82) is 0 Å². The van der Waals surface area contributed by atoms with Gasteiger partial charge in [0.05, 0.1) is 22.5 Å². The summed E-state index contributed by atoms with van der Waals surface area (Å²) in [6, 6.07) is 4.11. The van der Waals surface area contributed by atoms with E-state index in [-0.39, 0.29) is 5.82 Å². The highest BCUT2D eigenvalue weighted by atomic mass is 31.0. The molecule has 0 amide bonds. The van der Waals surface area contributed by atoms with Crippen LogP contribution in [0.25, 0.3) is 0 Å². The van der Waals surface area contributed by atoms with Crippen molar-refractivity contribution in [1.82, 2.24) is 15.3 Å². The summed E-state index contributed by atoms with van der Waals surface area (Å²) in [5.74, 6) is -0.129. The van der Waals surface area contributed by atoms with Gasteiger partial charge in [-0.1, -0.05) is 41.6 Å². The molecule has 0 saturated heterocycles. The molecule has 2 rings (SSSR count). The molecule has 174 valence electrons. The maximum absolute atomic E-state index is 14.1. The van der Waals surface area contributed by atoms with Crippen molar-refractivity contribution in [3.8, 4) is 0 Å². The fourth-order valence-electron chi connectivity index (χ4n) is 3.95. The number of benzene rings is 1. The van der Waals surface area contributed by atoms with Crippen LogP contribution in [-0.2, 0) is 12.8 Å². The fourth-order valence-corrected chi connectivity index (χ4v) is 4.21. The first-order valence-electron chi connectivity index (χ1n) is 11.7. The van der Waals surface area contributed by atoms with Gasteiger partial charge in [0.25, 0.3) is 0 Å². The average molecular weight is 457 g/mol. The van der Waals surface area contributed by atoms with E-state index in [1.54, 1.807) is 12.4 Å². The minimum absolute atomic E-state index is 0.129. The van der Waals surface area contributed by atoms with Crippen molar-refractivity contribution in [3.63, 3.8) is 0 Å². The Morgan fingerprint density at radius 2 is 1.78 bits per heavy atom. The van der Waals surface area contributed by atoms with E-state index in [1.165, 1.54) is 0 Å². The first-order chi connectivity index (χ1) is 15.3. The Bertz CT molecular complexity index is 949. The van der Waals surface area contributed by atoms with Crippen LogP contribution in [0, 0.1) is 26.6 Å². The molecule has 1 aromatic carbocycles. The molecular formula is C26H38FN4P. The number of nitrogens with one attached hydrogen (secondary N) is 1. The molecule has 1 N–H and O–H groups in total. The molecular weight excluding hydrogens is 418 g/mol. The summed E-state index contributed by atoms with van der Waals surface area (Å²) < 4.78 is 14.1. The summed E-state index contributed by atoms with van der Waals surface area (Å²) in [6.07, 6.45) is 8.61. The van der Waals surface area contributed by atoms with Crippen LogP contribution in [-0.4, -0.2) is 27.1 Å². The van der Waals surface area contributed by atoms with Gasteiger partial charge in [0.2, 0.25) is 0 Å². The first kappa shape index (κ1) is 26.3. The van der Waals surface area contributed by atoms with Crippen molar-refractivity contribution in [3.05, 3.63) is 52.4 Å².